The molecule has 1 aromatic carbocycles. The number of para-hydroxylation sites is 1. The van der Waals surface area contributed by atoms with Gasteiger partial charge in [-0.2, -0.15) is 0 Å². The number of nitrogens with zero attached hydrogens (tertiary/aromatic N) is 5. The van der Waals surface area contributed by atoms with E-state index in [1.54, 1.807) is 22.8 Å². The molecule has 0 atom stereocenters. The number of aromatic nitrogens is 4. The van der Waals surface area contributed by atoms with Gasteiger partial charge in [-0.05, 0) is 40.7 Å². The van der Waals surface area contributed by atoms with Gasteiger partial charge in [0.05, 0.1) is 19.8 Å². The number of halogens is 2. The summed E-state index contributed by atoms with van der Waals surface area (Å²) in [4.78, 5) is 17.7. The summed E-state index contributed by atoms with van der Waals surface area (Å²) in [7, 11) is 1.50. The predicted molar refractivity (Wildman–Crippen MR) is 112 cm³/mol. The van der Waals surface area contributed by atoms with Gasteiger partial charge in [-0.25, -0.2) is 19.9 Å². The Hall–Kier alpha value is -3.09. The summed E-state index contributed by atoms with van der Waals surface area (Å²) in [6.07, 6.45) is 1.57. The molecule has 0 radical (unpaired) electrons. The highest BCUT2D eigenvalue weighted by Crippen LogP contribution is 2.37. The minimum Gasteiger partial charge on any atom is -0.506 e. The maximum Gasteiger partial charge on any atom is 0.223 e. The van der Waals surface area contributed by atoms with Crippen LogP contribution in [0.2, 0.25) is 5.15 Å². The van der Waals surface area contributed by atoms with Gasteiger partial charge >= 0.3 is 0 Å². The lowest BCUT2D eigenvalue weighted by Gasteiger charge is -2.14. The van der Waals surface area contributed by atoms with Crippen LogP contribution in [-0.4, -0.2) is 44.2 Å². The first-order chi connectivity index (χ1) is 14.0. The second-order valence-electron chi connectivity index (χ2n) is 5.70. The van der Waals surface area contributed by atoms with Gasteiger partial charge in [-0.15, -0.1) is 0 Å². The zero-order chi connectivity index (χ0) is 20.5. The molecule has 29 heavy (non-hydrogen) atoms. The van der Waals surface area contributed by atoms with Crippen LogP contribution < -0.4 is 4.74 Å². The first kappa shape index (κ1) is 19.2. The number of hydrogen-bond acceptors (Lipinski definition) is 7. The minimum atomic E-state index is -0.0392. The van der Waals surface area contributed by atoms with E-state index in [1.807, 2.05) is 6.92 Å². The Balaban J connectivity index is 2.08. The Morgan fingerprint density at radius 1 is 1.28 bits per heavy atom. The number of fused-ring (bicyclic) bond motifs is 1. The van der Waals surface area contributed by atoms with Gasteiger partial charge in [0.1, 0.15) is 21.8 Å². The molecule has 3 aromatic rings. The van der Waals surface area contributed by atoms with E-state index in [0.717, 1.165) is 0 Å². The van der Waals surface area contributed by atoms with E-state index in [4.69, 9.17) is 21.1 Å². The normalized spacial score (nSPS) is 12.8. The van der Waals surface area contributed by atoms with Crippen molar-refractivity contribution in [3.05, 3.63) is 51.3 Å². The Morgan fingerprint density at radius 3 is 2.86 bits per heavy atom. The van der Waals surface area contributed by atoms with Crippen LogP contribution in [0.1, 0.15) is 12.7 Å². The molecule has 1 aliphatic rings. The molecule has 8 nitrogen and oxygen atoms in total. The van der Waals surface area contributed by atoms with Crippen LogP contribution >= 0.6 is 27.5 Å². The molecule has 2 aromatic heterocycles. The van der Waals surface area contributed by atoms with E-state index in [1.165, 1.54) is 13.2 Å². The van der Waals surface area contributed by atoms with Gasteiger partial charge in [-0.3, -0.25) is 4.57 Å². The van der Waals surface area contributed by atoms with E-state index in [9.17, 15) is 5.11 Å². The lowest BCUT2D eigenvalue weighted by Crippen LogP contribution is -2.07. The SMILES string of the molecule is CCOC1=NC(c2nc3nc(Cl)c(Br)nc3n2-c2c(O)cccc2OC)=C=C=C1. The van der Waals surface area contributed by atoms with E-state index >= 15 is 0 Å². The molecular formula is C19H13BrClN5O3. The number of methoxy groups -OCH3 is 1. The Morgan fingerprint density at radius 2 is 2.10 bits per heavy atom. The lowest BCUT2D eigenvalue weighted by atomic mass is 10.2. The molecule has 1 aliphatic heterocycles. The zero-order valence-corrected chi connectivity index (χ0v) is 17.6. The van der Waals surface area contributed by atoms with E-state index < -0.39 is 0 Å². The largest absolute Gasteiger partial charge is 0.506 e. The highest BCUT2D eigenvalue weighted by atomic mass is 79.9. The summed E-state index contributed by atoms with van der Waals surface area (Å²) in [6.45, 7) is 2.30. The fraction of sp³-hybridized carbons (Fsp3) is 0.158. The van der Waals surface area contributed by atoms with Gasteiger partial charge in [0.2, 0.25) is 5.90 Å². The van der Waals surface area contributed by atoms with Crippen LogP contribution in [0.3, 0.4) is 0 Å². The lowest BCUT2D eigenvalue weighted by molar-refractivity contribution is 0.330. The van der Waals surface area contributed by atoms with Crippen LogP contribution in [0.15, 0.2) is 45.3 Å². The van der Waals surface area contributed by atoms with Gasteiger partial charge in [-0.1, -0.05) is 23.4 Å². The highest BCUT2D eigenvalue weighted by molar-refractivity contribution is 9.10. The maximum atomic E-state index is 10.6. The average molecular weight is 475 g/mol. The molecule has 3 heterocycles. The summed E-state index contributed by atoms with van der Waals surface area (Å²) in [6, 6.07) is 4.91. The quantitative estimate of drug-likeness (QED) is 0.573. The minimum absolute atomic E-state index is 0.0392. The van der Waals surface area contributed by atoms with Crippen LogP contribution in [0.5, 0.6) is 11.5 Å². The van der Waals surface area contributed by atoms with Crippen molar-refractivity contribution in [2.45, 2.75) is 6.92 Å². The van der Waals surface area contributed by atoms with Crippen LogP contribution in [0.25, 0.3) is 22.7 Å². The number of aliphatic imine (C=N–C) groups is 1. The smallest absolute Gasteiger partial charge is 0.223 e. The summed E-state index contributed by atoms with van der Waals surface area (Å²) in [5.41, 5.74) is 7.04. The van der Waals surface area contributed by atoms with E-state index in [0.29, 0.717) is 45.7 Å². The Labute approximate surface area is 178 Å². The third-order valence-electron chi connectivity index (χ3n) is 3.95. The maximum absolute atomic E-state index is 10.6. The first-order valence-corrected chi connectivity index (χ1v) is 9.62. The van der Waals surface area contributed by atoms with Crippen molar-refractivity contribution in [1.29, 1.82) is 0 Å². The number of phenolic OH excluding ortho intramolecular Hbond substituents is 1. The molecule has 0 spiro atoms. The Kier molecular flexibility index (Phi) is 5.13. The number of benzene rings is 1. The molecule has 0 unspecified atom stereocenters. The van der Waals surface area contributed by atoms with Crippen molar-refractivity contribution in [2.75, 3.05) is 13.7 Å². The number of phenols is 1. The average Bonchev–Trinajstić information content (AvgIpc) is 3.06. The van der Waals surface area contributed by atoms with Crippen molar-refractivity contribution in [3.63, 3.8) is 0 Å². The zero-order valence-electron chi connectivity index (χ0n) is 15.3. The molecule has 4 rings (SSSR count). The summed E-state index contributed by atoms with van der Waals surface area (Å²) in [5, 5.41) is 10.8. The second-order valence-corrected chi connectivity index (χ2v) is 6.81. The Bertz CT molecular complexity index is 1270. The summed E-state index contributed by atoms with van der Waals surface area (Å²) in [5.74, 6) is 1.04. The molecule has 0 bridgehead atoms. The third kappa shape index (κ3) is 3.41. The van der Waals surface area contributed by atoms with Crippen molar-refractivity contribution < 1.29 is 14.6 Å². The van der Waals surface area contributed by atoms with Crippen LogP contribution in [0, 0.1) is 0 Å². The monoisotopic (exact) mass is 473 g/mol. The molecule has 0 aliphatic carbocycles. The number of hydrogen-bond donors (Lipinski definition) is 1. The summed E-state index contributed by atoms with van der Waals surface area (Å²) >= 11 is 9.39. The van der Waals surface area contributed by atoms with Crippen LogP contribution in [0.4, 0.5) is 0 Å². The van der Waals surface area contributed by atoms with Gasteiger partial charge in [0.15, 0.2) is 28.0 Å². The standard InChI is InChI=1S/C19H13BrClN5O3/c1-3-29-13-9-4-6-10(22-13)18-25-17-19(23-15(20)16(21)24-17)26(18)14-11(27)7-5-8-12(14)28-2/h5,7-9,27H,3H2,1-2H3. The van der Waals surface area contributed by atoms with E-state index in [2.05, 4.69) is 47.3 Å². The highest BCUT2D eigenvalue weighted by Gasteiger charge is 2.25. The second kappa shape index (κ2) is 7.73. The topological polar surface area (TPSA) is 94.7 Å². The van der Waals surface area contributed by atoms with Crippen molar-refractivity contribution in [2.24, 2.45) is 4.99 Å². The van der Waals surface area contributed by atoms with Crippen molar-refractivity contribution in [3.8, 4) is 17.2 Å². The van der Waals surface area contributed by atoms with Gasteiger partial charge in [0, 0.05) is 0 Å². The molecule has 0 saturated heterocycles. The molecular weight excluding hydrogens is 462 g/mol. The molecule has 0 fully saturated rings. The fourth-order valence-electron chi connectivity index (χ4n) is 2.79. The molecule has 1 N–H and O–H groups in total. The summed E-state index contributed by atoms with van der Waals surface area (Å²) < 4.78 is 12.8. The molecule has 146 valence electrons. The predicted octanol–water partition coefficient (Wildman–Crippen LogP) is 4.05. The molecule has 0 saturated carbocycles. The van der Waals surface area contributed by atoms with E-state index in [-0.39, 0.29) is 16.5 Å². The number of rotatable bonds is 4. The number of ether oxygens (including phenoxy) is 2. The first-order valence-electron chi connectivity index (χ1n) is 8.44. The van der Waals surface area contributed by atoms with Crippen molar-refractivity contribution in [1.82, 2.24) is 19.5 Å². The molecule has 0 amide bonds. The number of aromatic hydroxyl groups is 1. The van der Waals surface area contributed by atoms with Crippen molar-refractivity contribution >= 4 is 50.4 Å². The van der Waals surface area contributed by atoms with Gasteiger partial charge < -0.3 is 14.6 Å². The van der Waals surface area contributed by atoms with Crippen LogP contribution in [-0.2, 0) is 4.74 Å². The number of imidazole rings is 1. The fourth-order valence-corrected chi connectivity index (χ4v) is 3.17. The third-order valence-corrected chi connectivity index (χ3v) is 4.99. The molecule has 10 heteroatoms. The van der Waals surface area contributed by atoms with Gasteiger partial charge in [0.25, 0.3) is 0 Å².